The Bertz CT molecular complexity index is 1200. The van der Waals surface area contributed by atoms with E-state index in [-0.39, 0.29) is 22.1 Å². The first-order chi connectivity index (χ1) is 13.7. The number of nitrogens with one attached hydrogen (secondary N) is 1. The molecule has 11 heteroatoms. The van der Waals surface area contributed by atoms with Gasteiger partial charge in [-0.15, -0.1) is 11.3 Å². The van der Waals surface area contributed by atoms with Crippen molar-refractivity contribution in [3.63, 3.8) is 0 Å². The number of halogens is 5. The van der Waals surface area contributed by atoms with Crippen molar-refractivity contribution in [3.05, 3.63) is 69.3 Å². The van der Waals surface area contributed by atoms with Crippen LogP contribution in [0.15, 0.2) is 47.8 Å². The second-order valence-electron chi connectivity index (χ2n) is 5.86. The van der Waals surface area contributed by atoms with Gasteiger partial charge in [0, 0.05) is 10.7 Å². The number of hydrogen-bond donors (Lipinski definition) is 1. The summed E-state index contributed by atoms with van der Waals surface area (Å²) in [5, 5.41) is 8.21. The van der Waals surface area contributed by atoms with E-state index < -0.39 is 17.8 Å². The number of rotatable bonds is 3. The molecule has 4 rings (SSSR count). The van der Waals surface area contributed by atoms with Crippen LogP contribution in [0.4, 0.5) is 18.9 Å². The quantitative estimate of drug-likeness (QED) is 0.409. The summed E-state index contributed by atoms with van der Waals surface area (Å²) in [6.45, 7) is 0. The number of carbonyl (C=O) groups excluding carboxylic acids is 1. The smallest absolute Gasteiger partial charge is 0.321 e. The highest BCUT2D eigenvalue weighted by Crippen LogP contribution is 2.35. The Labute approximate surface area is 175 Å². The van der Waals surface area contributed by atoms with E-state index >= 15 is 0 Å². The number of carbonyl (C=O) groups is 1. The van der Waals surface area contributed by atoms with Gasteiger partial charge >= 0.3 is 6.18 Å². The van der Waals surface area contributed by atoms with E-state index in [2.05, 4.69) is 15.4 Å². The number of fused-ring (bicyclic) bond motifs is 1. The van der Waals surface area contributed by atoms with E-state index in [0.29, 0.717) is 20.1 Å². The molecule has 3 aromatic heterocycles. The summed E-state index contributed by atoms with van der Waals surface area (Å²) in [6.07, 6.45) is -4.73. The second kappa shape index (κ2) is 7.33. The predicted molar refractivity (Wildman–Crippen MR) is 106 cm³/mol. The number of thiophene rings is 1. The molecule has 0 saturated carbocycles. The molecular weight excluding hydrogens is 448 g/mol. The van der Waals surface area contributed by atoms with Crippen LogP contribution in [-0.4, -0.2) is 20.5 Å². The van der Waals surface area contributed by atoms with Gasteiger partial charge in [-0.2, -0.15) is 18.3 Å². The van der Waals surface area contributed by atoms with Crippen molar-refractivity contribution in [1.82, 2.24) is 14.6 Å². The van der Waals surface area contributed by atoms with E-state index in [1.165, 1.54) is 23.5 Å². The van der Waals surface area contributed by atoms with Crippen LogP contribution >= 0.6 is 34.5 Å². The molecule has 3 heterocycles. The van der Waals surface area contributed by atoms with Gasteiger partial charge in [-0.25, -0.2) is 9.50 Å². The first-order valence-corrected chi connectivity index (χ1v) is 9.65. The number of amides is 1. The SMILES string of the molecule is O=C(Nc1ccc(Cl)cc1)c1nn2c(C(F)(F)F)cc(-c3cccs3)nc2c1Cl. The van der Waals surface area contributed by atoms with Crippen LogP contribution in [0.25, 0.3) is 16.2 Å². The van der Waals surface area contributed by atoms with Crippen LogP contribution in [-0.2, 0) is 6.18 Å². The maximum atomic E-state index is 13.6. The minimum Gasteiger partial charge on any atom is -0.321 e. The summed E-state index contributed by atoms with van der Waals surface area (Å²) < 4.78 is 41.4. The minimum absolute atomic E-state index is 0.0892. The fourth-order valence-corrected chi connectivity index (χ4v) is 3.67. The molecule has 0 aliphatic heterocycles. The van der Waals surface area contributed by atoms with Crippen molar-refractivity contribution in [2.45, 2.75) is 6.18 Å². The van der Waals surface area contributed by atoms with Crippen molar-refractivity contribution in [3.8, 4) is 10.6 Å². The standard InChI is InChI=1S/C18H9Cl2F3N4OS/c19-9-3-5-10(6-4-9)24-17(28)15-14(20)16-25-11(12-2-1-7-29-12)8-13(18(21,22)23)27(16)26-15/h1-8H,(H,24,28). The van der Waals surface area contributed by atoms with Gasteiger partial charge in [-0.3, -0.25) is 4.79 Å². The van der Waals surface area contributed by atoms with Gasteiger partial charge < -0.3 is 5.32 Å². The maximum Gasteiger partial charge on any atom is 0.433 e. The molecule has 0 radical (unpaired) electrons. The lowest BCUT2D eigenvalue weighted by Crippen LogP contribution is -2.15. The molecule has 0 bridgehead atoms. The van der Waals surface area contributed by atoms with Gasteiger partial charge in [0.2, 0.25) is 0 Å². The number of aromatic nitrogens is 3. The normalized spacial score (nSPS) is 11.8. The lowest BCUT2D eigenvalue weighted by atomic mass is 10.2. The van der Waals surface area contributed by atoms with Crippen molar-refractivity contribution >= 4 is 51.8 Å². The number of hydrogen-bond acceptors (Lipinski definition) is 4. The molecule has 0 saturated heterocycles. The number of nitrogens with zero attached hydrogens (tertiary/aromatic N) is 3. The van der Waals surface area contributed by atoms with Crippen molar-refractivity contribution < 1.29 is 18.0 Å². The molecule has 1 N–H and O–H groups in total. The molecule has 0 aliphatic carbocycles. The van der Waals surface area contributed by atoms with E-state index in [9.17, 15) is 18.0 Å². The topological polar surface area (TPSA) is 59.3 Å². The zero-order valence-corrected chi connectivity index (χ0v) is 16.5. The number of benzene rings is 1. The molecule has 1 aromatic carbocycles. The Morgan fingerprint density at radius 2 is 1.86 bits per heavy atom. The third kappa shape index (κ3) is 3.81. The molecule has 29 heavy (non-hydrogen) atoms. The van der Waals surface area contributed by atoms with E-state index in [1.807, 2.05) is 0 Å². The summed E-state index contributed by atoms with van der Waals surface area (Å²) in [5.41, 5.74) is -1.24. The van der Waals surface area contributed by atoms with Gasteiger partial charge in [-0.05, 0) is 41.8 Å². The van der Waals surface area contributed by atoms with Crippen LogP contribution in [0.2, 0.25) is 10.0 Å². The summed E-state index contributed by atoms with van der Waals surface area (Å²) in [4.78, 5) is 17.3. The number of alkyl halides is 3. The van der Waals surface area contributed by atoms with Gasteiger partial charge in [0.05, 0.1) is 10.6 Å². The first kappa shape index (κ1) is 19.7. The average molecular weight is 457 g/mol. The number of anilines is 1. The lowest BCUT2D eigenvalue weighted by molar-refractivity contribution is -0.142. The molecule has 5 nitrogen and oxygen atoms in total. The molecule has 0 unspecified atom stereocenters. The molecule has 0 atom stereocenters. The zero-order valence-electron chi connectivity index (χ0n) is 14.2. The van der Waals surface area contributed by atoms with Gasteiger partial charge in [0.1, 0.15) is 5.02 Å². The highest BCUT2D eigenvalue weighted by atomic mass is 35.5. The third-order valence-electron chi connectivity index (χ3n) is 3.91. The Balaban J connectivity index is 1.83. The molecule has 0 aliphatic rings. The molecule has 0 fully saturated rings. The van der Waals surface area contributed by atoms with Crippen molar-refractivity contribution in [2.75, 3.05) is 5.32 Å². The predicted octanol–water partition coefficient (Wildman–Crippen LogP) is 6.04. The average Bonchev–Trinajstić information content (AvgIpc) is 3.31. The van der Waals surface area contributed by atoms with Gasteiger partial charge in [0.15, 0.2) is 17.0 Å². The minimum atomic E-state index is -4.73. The summed E-state index contributed by atoms with van der Waals surface area (Å²) in [5.74, 6) is -0.770. The van der Waals surface area contributed by atoms with E-state index in [1.54, 1.807) is 29.6 Å². The Kier molecular flexibility index (Phi) is 4.97. The molecule has 4 aromatic rings. The van der Waals surface area contributed by atoms with Crippen LogP contribution in [0.1, 0.15) is 16.2 Å². The highest BCUT2D eigenvalue weighted by molar-refractivity contribution is 7.13. The zero-order chi connectivity index (χ0) is 20.8. The fourth-order valence-electron chi connectivity index (χ4n) is 2.61. The Morgan fingerprint density at radius 1 is 1.14 bits per heavy atom. The first-order valence-electron chi connectivity index (χ1n) is 8.01. The van der Waals surface area contributed by atoms with Gasteiger partial charge in [0.25, 0.3) is 5.91 Å². The van der Waals surface area contributed by atoms with Gasteiger partial charge in [-0.1, -0.05) is 29.3 Å². The lowest BCUT2D eigenvalue weighted by Gasteiger charge is -2.10. The van der Waals surface area contributed by atoms with Crippen molar-refractivity contribution in [1.29, 1.82) is 0 Å². The van der Waals surface area contributed by atoms with E-state index in [0.717, 1.165) is 6.07 Å². The molecule has 0 spiro atoms. The van der Waals surface area contributed by atoms with E-state index in [4.69, 9.17) is 23.2 Å². The largest absolute Gasteiger partial charge is 0.433 e. The summed E-state index contributed by atoms with van der Waals surface area (Å²) in [6, 6.07) is 10.4. The maximum absolute atomic E-state index is 13.6. The Hall–Kier alpha value is -2.62. The molecule has 148 valence electrons. The molecular formula is C18H9Cl2F3N4OS. The van der Waals surface area contributed by atoms with Crippen LogP contribution in [0.3, 0.4) is 0 Å². The van der Waals surface area contributed by atoms with Crippen LogP contribution in [0.5, 0.6) is 0 Å². The van der Waals surface area contributed by atoms with Crippen molar-refractivity contribution in [2.24, 2.45) is 0 Å². The van der Waals surface area contributed by atoms with Crippen LogP contribution < -0.4 is 5.32 Å². The van der Waals surface area contributed by atoms with Crippen LogP contribution in [0, 0.1) is 0 Å². The Morgan fingerprint density at radius 3 is 2.48 bits per heavy atom. The molecule has 1 amide bonds. The summed E-state index contributed by atoms with van der Waals surface area (Å²) >= 11 is 13.2. The summed E-state index contributed by atoms with van der Waals surface area (Å²) in [7, 11) is 0. The monoisotopic (exact) mass is 456 g/mol. The highest BCUT2D eigenvalue weighted by Gasteiger charge is 2.36. The second-order valence-corrected chi connectivity index (χ2v) is 7.62. The fraction of sp³-hybridized carbons (Fsp3) is 0.0556. The third-order valence-corrected chi connectivity index (χ3v) is 5.41.